The van der Waals surface area contributed by atoms with Crippen LogP contribution in [0.2, 0.25) is 0 Å². The molecule has 182 valence electrons. The van der Waals surface area contributed by atoms with Crippen LogP contribution < -0.4 is 4.74 Å². The molecule has 0 saturated carbocycles. The lowest BCUT2D eigenvalue weighted by atomic mass is 10.00. The van der Waals surface area contributed by atoms with Gasteiger partial charge in [0, 0.05) is 24.0 Å². The number of aryl methyl sites for hydroxylation is 1. The highest BCUT2D eigenvalue weighted by Gasteiger charge is 2.33. The molecule has 0 radical (unpaired) electrons. The van der Waals surface area contributed by atoms with E-state index in [-0.39, 0.29) is 37.2 Å². The van der Waals surface area contributed by atoms with Gasteiger partial charge in [0.2, 0.25) is 5.91 Å². The van der Waals surface area contributed by atoms with Crippen molar-refractivity contribution in [1.29, 1.82) is 0 Å². The highest BCUT2D eigenvalue weighted by molar-refractivity contribution is 7.10. The Kier molecular flexibility index (Phi) is 9.32. The van der Waals surface area contributed by atoms with Crippen LogP contribution in [0.15, 0.2) is 35.7 Å². The fraction of sp³-hybridized carbons (Fsp3) is 0.577. The summed E-state index contributed by atoms with van der Waals surface area (Å²) in [6.45, 7) is 12.1. The molecule has 0 unspecified atom stereocenters. The molecule has 33 heavy (non-hydrogen) atoms. The van der Waals surface area contributed by atoms with Gasteiger partial charge in [-0.05, 0) is 75.7 Å². The van der Waals surface area contributed by atoms with Crippen molar-refractivity contribution in [3.8, 4) is 5.75 Å². The predicted octanol–water partition coefficient (Wildman–Crippen LogP) is 4.06. The normalized spacial score (nSPS) is 17.0. The SMILES string of the molecule is Cc1cccc(OC[C@@H]2c3ccsc3CCN2C(=O)CN(C[C@@H](O)COC(C)C)C(C)C)c1. The van der Waals surface area contributed by atoms with E-state index >= 15 is 0 Å². The summed E-state index contributed by atoms with van der Waals surface area (Å²) in [5.41, 5.74) is 2.33. The molecule has 0 bridgehead atoms. The summed E-state index contributed by atoms with van der Waals surface area (Å²) in [7, 11) is 0. The monoisotopic (exact) mass is 474 g/mol. The first kappa shape index (κ1) is 25.7. The number of rotatable bonds is 11. The zero-order valence-electron chi connectivity index (χ0n) is 20.5. The van der Waals surface area contributed by atoms with Gasteiger partial charge in [-0.25, -0.2) is 0 Å². The molecule has 0 aliphatic carbocycles. The minimum atomic E-state index is -0.632. The number of carbonyl (C=O) groups excluding carboxylic acids is 1. The summed E-state index contributed by atoms with van der Waals surface area (Å²) >= 11 is 1.75. The van der Waals surface area contributed by atoms with Crippen molar-refractivity contribution in [2.24, 2.45) is 0 Å². The Morgan fingerprint density at radius 3 is 2.76 bits per heavy atom. The number of fused-ring (bicyclic) bond motifs is 1. The van der Waals surface area contributed by atoms with Crippen LogP contribution in [0.3, 0.4) is 0 Å². The van der Waals surface area contributed by atoms with Gasteiger partial charge >= 0.3 is 0 Å². The summed E-state index contributed by atoms with van der Waals surface area (Å²) < 4.78 is 11.7. The summed E-state index contributed by atoms with van der Waals surface area (Å²) in [5.74, 6) is 0.886. The molecule has 2 aromatic rings. The Balaban J connectivity index is 1.69. The maximum Gasteiger partial charge on any atom is 0.237 e. The Morgan fingerprint density at radius 2 is 2.06 bits per heavy atom. The van der Waals surface area contributed by atoms with Crippen molar-refractivity contribution in [3.05, 3.63) is 51.7 Å². The fourth-order valence-electron chi connectivity index (χ4n) is 4.10. The number of benzene rings is 1. The molecular formula is C26H38N2O4S. The van der Waals surface area contributed by atoms with E-state index in [9.17, 15) is 9.90 Å². The van der Waals surface area contributed by atoms with Gasteiger partial charge in [0.05, 0.1) is 31.4 Å². The molecule has 2 atom stereocenters. The van der Waals surface area contributed by atoms with E-state index in [1.165, 1.54) is 10.4 Å². The third-order valence-corrected chi connectivity index (χ3v) is 6.94. The Bertz CT molecular complexity index is 898. The van der Waals surface area contributed by atoms with Crippen molar-refractivity contribution in [1.82, 2.24) is 9.80 Å². The average Bonchev–Trinajstić information content (AvgIpc) is 3.24. The lowest BCUT2D eigenvalue weighted by Crippen LogP contribution is -2.49. The zero-order chi connectivity index (χ0) is 24.0. The molecule has 0 spiro atoms. The van der Waals surface area contributed by atoms with E-state index < -0.39 is 6.10 Å². The molecule has 1 aromatic carbocycles. The first-order valence-corrected chi connectivity index (χ1v) is 12.7. The number of hydrogen-bond donors (Lipinski definition) is 1. The van der Waals surface area contributed by atoms with Crippen LogP contribution in [0.25, 0.3) is 0 Å². The zero-order valence-corrected chi connectivity index (χ0v) is 21.3. The van der Waals surface area contributed by atoms with Crippen LogP contribution in [-0.4, -0.2) is 71.9 Å². The summed E-state index contributed by atoms with van der Waals surface area (Å²) in [6, 6.07) is 10.1. The minimum Gasteiger partial charge on any atom is -0.491 e. The van der Waals surface area contributed by atoms with Gasteiger partial charge in [-0.1, -0.05) is 12.1 Å². The number of nitrogens with zero attached hydrogens (tertiary/aromatic N) is 2. The van der Waals surface area contributed by atoms with Crippen molar-refractivity contribution < 1.29 is 19.4 Å². The van der Waals surface area contributed by atoms with E-state index in [0.717, 1.165) is 17.7 Å². The molecule has 1 aromatic heterocycles. The Labute approximate surface area is 202 Å². The first-order valence-electron chi connectivity index (χ1n) is 11.8. The van der Waals surface area contributed by atoms with Crippen molar-refractivity contribution in [2.45, 2.75) is 65.3 Å². The van der Waals surface area contributed by atoms with E-state index in [1.54, 1.807) is 11.3 Å². The van der Waals surface area contributed by atoms with Crippen molar-refractivity contribution in [3.63, 3.8) is 0 Å². The van der Waals surface area contributed by atoms with Crippen LogP contribution in [0.1, 0.15) is 49.7 Å². The Hall–Kier alpha value is -1.93. The highest BCUT2D eigenvalue weighted by atomic mass is 32.1. The Morgan fingerprint density at radius 1 is 1.27 bits per heavy atom. The lowest BCUT2D eigenvalue weighted by molar-refractivity contribution is -0.137. The number of thiophene rings is 1. The van der Waals surface area contributed by atoms with Gasteiger partial charge < -0.3 is 19.5 Å². The number of ether oxygens (including phenoxy) is 2. The first-order chi connectivity index (χ1) is 15.7. The maximum atomic E-state index is 13.5. The van der Waals surface area contributed by atoms with E-state index in [0.29, 0.717) is 19.7 Å². The molecule has 1 aliphatic rings. The quantitative estimate of drug-likeness (QED) is 0.532. The van der Waals surface area contributed by atoms with E-state index in [4.69, 9.17) is 9.47 Å². The van der Waals surface area contributed by atoms with Gasteiger partial charge in [-0.2, -0.15) is 0 Å². The van der Waals surface area contributed by atoms with Gasteiger partial charge in [0.15, 0.2) is 0 Å². The van der Waals surface area contributed by atoms with Gasteiger partial charge in [0.1, 0.15) is 12.4 Å². The second-order valence-electron chi connectivity index (χ2n) is 9.34. The molecule has 3 rings (SSSR count). The fourth-order valence-corrected chi connectivity index (χ4v) is 5.03. The smallest absolute Gasteiger partial charge is 0.237 e. The van der Waals surface area contributed by atoms with E-state index in [2.05, 4.69) is 25.3 Å². The number of aliphatic hydroxyl groups is 1. The highest BCUT2D eigenvalue weighted by Crippen LogP contribution is 2.34. The predicted molar refractivity (Wildman–Crippen MR) is 133 cm³/mol. The van der Waals surface area contributed by atoms with Gasteiger partial charge in [-0.3, -0.25) is 9.69 Å². The summed E-state index contributed by atoms with van der Waals surface area (Å²) in [4.78, 5) is 18.8. The van der Waals surface area contributed by atoms with Crippen molar-refractivity contribution in [2.75, 3.05) is 32.8 Å². The number of aliphatic hydroxyl groups excluding tert-OH is 1. The molecular weight excluding hydrogens is 436 g/mol. The number of carbonyl (C=O) groups is 1. The van der Waals surface area contributed by atoms with Crippen LogP contribution >= 0.6 is 11.3 Å². The van der Waals surface area contributed by atoms with Crippen LogP contribution in [-0.2, 0) is 16.0 Å². The van der Waals surface area contributed by atoms with Gasteiger partial charge in [-0.15, -0.1) is 11.3 Å². The third kappa shape index (κ3) is 7.27. The average molecular weight is 475 g/mol. The molecule has 1 N–H and O–H groups in total. The van der Waals surface area contributed by atoms with E-state index in [1.807, 2.05) is 54.8 Å². The molecule has 6 nitrogen and oxygen atoms in total. The van der Waals surface area contributed by atoms with Crippen molar-refractivity contribution >= 4 is 17.2 Å². The second-order valence-corrected chi connectivity index (χ2v) is 10.3. The minimum absolute atomic E-state index is 0.0652. The molecule has 0 saturated heterocycles. The van der Waals surface area contributed by atoms with Crippen LogP contribution in [0.4, 0.5) is 0 Å². The molecule has 7 heteroatoms. The van der Waals surface area contributed by atoms with Crippen LogP contribution in [0.5, 0.6) is 5.75 Å². The maximum absolute atomic E-state index is 13.5. The molecule has 1 aliphatic heterocycles. The van der Waals surface area contributed by atoms with Gasteiger partial charge in [0.25, 0.3) is 0 Å². The molecule has 0 fully saturated rings. The second kappa shape index (κ2) is 12.0. The standard InChI is InChI=1S/C26H38N2O4S/c1-18(2)27(14-21(29)16-31-19(3)4)15-26(30)28-11-9-25-23(10-12-33-25)24(28)17-32-22-8-6-7-20(5)13-22/h6-8,10,12-13,18-19,21,24,29H,9,11,14-17H2,1-5H3/t21-,24-/m1/s1. The topological polar surface area (TPSA) is 62.2 Å². The number of amides is 1. The number of hydrogen-bond acceptors (Lipinski definition) is 6. The molecule has 1 amide bonds. The third-order valence-electron chi connectivity index (χ3n) is 5.95. The van der Waals surface area contributed by atoms with Crippen LogP contribution in [0, 0.1) is 6.92 Å². The summed E-state index contributed by atoms with van der Waals surface area (Å²) in [6.07, 6.45) is 0.302. The summed E-state index contributed by atoms with van der Waals surface area (Å²) in [5, 5.41) is 12.5. The lowest BCUT2D eigenvalue weighted by Gasteiger charge is -2.38. The largest absolute Gasteiger partial charge is 0.491 e. The molecule has 2 heterocycles.